The van der Waals surface area contributed by atoms with Crippen LogP contribution >= 0.6 is 15.9 Å². The first kappa shape index (κ1) is 9.65. The summed E-state index contributed by atoms with van der Waals surface area (Å²) in [6.45, 7) is 0. The molecular weight excluding hydrogens is 251 g/mol. The van der Waals surface area contributed by atoms with Crippen LogP contribution in [0.4, 0.5) is 4.39 Å². The van der Waals surface area contributed by atoms with Crippen LogP contribution in [0.1, 0.15) is 18.4 Å². The lowest BCUT2D eigenvalue weighted by Gasteiger charge is -2.11. The van der Waals surface area contributed by atoms with Gasteiger partial charge >= 0.3 is 5.97 Å². The Bertz CT molecular complexity index is 399. The number of rotatable bonds is 2. The van der Waals surface area contributed by atoms with Gasteiger partial charge in [-0.05, 0) is 36.6 Å². The van der Waals surface area contributed by atoms with Gasteiger partial charge in [0.2, 0.25) is 0 Å². The molecule has 14 heavy (non-hydrogen) atoms. The van der Waals surface area contributed by atoms with Gasteiger partial charge in [-0.1, -0.05) is 15.9 Å². The lowest BCUT2D eigenvalue weighted by atomic mass is 9.96. The topological polar surface area (TPSA) is 37.3 Å². The highest BCUT2D eigenvalue weighted by Crippen LogP contribution is 2.50. The summed E-state index contributed by atoms with van der Waals surface area (Å²) in [5.74, 6) is -1.26. The Hall–Kier alpha value is -0.900. The maximum Gasteiger partial charge on any atom is 0.314 e. The molecule has 0 bridgehead atoms. The minimum atomic E-state index is -0.871. The molecule has 0 atom stereocenters. The number of halogens is 2. The van der Waals surface area contributed by atoms with Crippen molar-refractivity contribution in [3.63, 3.8) is 0 Å². The Morgan fingerprint density at radius 1 is 1.50 bits per heavy atom. The van der Waals surface area contributed by atoms with Gasteiger partial charge in [-0.15, -0.1) is 0 Å². The van der Waals surface area contributed by atoms with Crippen molar-refractivity contribution in [2.45, 2.75) is 18.3 Å². The first-order chi connectivity index (χ1) is 6.56. The fourth-order valence-corrected chi connectivity index (χ4v) is 2.21. The summed E-state index contributed by atoms with van der Waals surface area (Å²) in [4.78, 5) is 11.0. The number of aliphatic carboxylic acids is 1. The van der Waals surface area contributed by atoms with Crippen molar-refractivity contribution in [3.8, 4) is 0 Å². The molecular formula is C10H8BrFO2. The Labute approximate surface area is 88.9 Å². The van der Waals surface area contributed by atoms with Crippen molar-refractivity contribution < 1.29 is 14.3 Å². The van der Waals surface area contributed by atoms with Crippen molar-refractivity contribution in [3.05, 3.63) is 34.1 Å². The quantitative estimate of drug-likeness (QED) is 0.886. The second-order valence-electron chi connectivity index (χ2n) is 3.51. The fraction of sp³-hybridized carbons (Fsp3) is 0.300. The van der Waals surface area contributed by atoms with Gasteiger partial charge in [-0.3, -0.25) is 4.79 Å². The van der Waals surface area contributed by atoms with Gasteiger partial charge < -0.3 is 5.11 Å². The van der Waals surface area contributed by atoms with E-state index in [9.17, 15) is 9.18 Å². The number of carboxylic acids is 1. The predicted molar refractivity (Wildman–Crippen MR) is 52.6 cm³/mol. The minimum Gasteiger partial charge on any atom is -0.481 e. The second-order valence-corrected chi connectivity index (χ2v) is 4.37. The third-order valence-electron chi connectivity index (χ3n) is 2.60. The molecule has 1 N–H and O–H groups in total. The molecule has 1 aromatic rings. The molecule has 1 aliphatic rings. The molecule has 0 heterocycles. The molecule has 0 spiro atoms. The van der Waals surface area contributed by atoms with Crippen LogP contribution in [0, 0.1) is 5.82 Å². The van der Waals surface area contributed by atoms with E-state index in [1.165, 1.54) is 12.1 Å². The van der Waals surface area contributed by atoms with Crippen molar-refractivity contribution in [2.24, 2.45) is 0 Å². The Morgan fingerprint density at radius 3 is 2.64 bits per heavy atom. The molecule has 1 fully saturated rings. The smallest absolute Gasteiger partial charge is 0.314 e. The Morgan fingerprint density at radius 2 is 2.14 bits per heavy atom. The van der Waals surface area contributed by atoms with Gasteiger partial charge in [0.15, 0.2) is 0 Å². The van der Waals surface area contributed by atoms with Crippen LogP contribution in [0.5, 0.6) is 0 Å². The number of hydrogen-bond donors (Lipinski definition) is 1. The predicted octanol–water partition coefficient (Wildman–Crippen LogP) is 2.70. The van der Waals surface area contributed by atoms with E-state index in [-0.39, 0.29) is 0 Å². The van der Waals surface area contributed by atoms with Crippen LogP contribution in [0.25, 0.3) is 0 Å². The molecule has 0 unspecified atom stereocenters. The third-order valence-corrected chi connectivity index (χ3v) is 3.29. The van der Waals surface area contributed by atoms with Gasteiger partial charge in [0.05, 0.1) is 5.41 Å². The van der Waals surface area contributed by atoms with Crippen molar-refractivity contribution >= 4 is 21.9 Å². The van der Waals surface area contributed by atoms with Crippen LogP contribution in [-0.4, -0.2) is 11.1 Å². The molecule has 1 saturated carbocycles. The highest BCUT2D eigenvalue weighted by molar-refractivity contribution is 9.10. The summed E-state index contributed by atoms with van der Waals surface area (Å²) in [6.07, 6.45) is 1.18. The number of carboxylic acid groups (broad SMARTS) is 1. The molecule has 0 saturated heterocycles. The molecule has 2 rings (SSSR count). The van der Waals surface area contributed by atoms with Gasteiger partial charge in [0.1, 0.15) is 5.82 Å². The number of benzene rings is 1. The molecule has 1 aromatic carbocycles. The number of carbonyl (C=O) groups is 1. The third kappa shape index (κ3) is 1.34. The van der Waals surface area contributed by atoms with Crippen LogP contribution in [0.2, 0.25) is 0 Å². The highest BCUT2D eigenvalue weighted by Gasteiger charge is 2.52. The van der Waals surface area contributed by atoms with E-state index in [0.29, 0.717) is 22.9 Å². The largest absolute Gasteiger partial charge is 0.481 e. The van der Waals surface area contributed by atoms with Crippen molar-refractivity contribution in [1.82, 2.24) is 0 Å². The molecule has 2 nitrogen and oxygen atoms in total. The minimum absolute atomic E-state index is 0.393. The van der Waals surface area contributed by atoms with Crippen LogP contribution in [0.15, 0.2) is 22.7 Å². The average molecular weight is 259 g/mol. The van der Waals surface area contributed by atoms with E-state index in [1.54, 1.807) is 6.07 Å². The summed E-state index contributed by atoms with van der Waals surface area (Å²) in [7, 11) is 0. The molecule has 0 amide bonds. The van der Waals surface area contributed by atoms with Gasteiger partial charge in [0.25, 0.3) is 0 Å². The molecule has 0 aromatic heterocycles. The lowest BCUT2D eigenvalue weighted by Crippen LogP contribution is -2.20. The van der Waals surface area contributed by atoms with E-state index >= 15 is 0 Å². The SMILES string of the molecule is O=C(O)C1(c2cc(F)ccc2Br)CC1. The summed E-state index contributed by atoms with van der Waals surface area (Å²) in [6, 6.07) is 4.16. The van der Waals surface area contributed by atoms with Crippen LogP contribution < -0.4 is 0 Å². The van der Waals surface area contributed by atoms with E-state index in [4.69, 9.17) is 5.11 Å². The first-order valence-corrected chi connectivity index (χ1v) is 5.04. The van der Waals surface area contributed by atoms with E-state index in [0.717, 1.165) is 0 Å². The van der Waals surface area contributed by atoms with Crippen molar-refractivity contribution in [1.29, 1.82) is 0 Å². The fourth-order valence-electron chi connectivity index (χ4n) is 1.59. The molecule has 0 aliphatic heterocycles. The molecule has 1 aliphatic carbocycles. The summed E-state index contributed by atoms with van der Waals surface area (Å²) in [5.41, 5.74) is -0.300. The summed E-state index contributed by atoms with van der Waals surface area (Å²) < 4.78 is 13.6. The Balaban J connectivity index is 2.51. The van der Waals surface area contributed by atoms with Gasteiger partial charge in [-0.25, -0.2) is 4.39 Å². The maximum atomic E-state index is 13.0. The number of hydrogen-bond acceptors (Lipinski definition) is 1. The first-order valence-electron chi connectivity index (χ1n) is 4.25. The lowest BCUT2D eigenvalue weighted by molar-refractivity contribution is -0.140. The van der Waals surface area contributed by atoms with Crippen molar-refractivity contribution in [2.75, 3.05) is 0 Å². The van der Waals surface area contributed by atoms with E-state index in [1.807, 2.05) is 0 Å². The van der Waals surface area contributed by atoms with E-state index in [2.05, 4.69) is 15.9 Å². The highest BCUT2D eigenvalue weighted by atomic mass is 79.9. The van der Waals surface area contributed by atoms with Crippen LogP contribution in [0.3, 0.4) is 0 Å². The zero-order valence-electron chi connectivity index (χ0n) is 7.26. The maximum absolute atomic E-state index is 13.0. The monoisotopic (exact) mass is 258 g/mol. The second kappa shape index (κ2) is 3.05. The average Bonchev–Trinajstić information content (AvgIpc) is 2.90. The Kier molecular flexibility index (Phi) is 2.10. The standard InChI is InChI=1S/C10H8BrFO2/c11-8-2-1-6(12)5-7(8)10(3-4-10)9(13)14/h1-2,5H,3-4H2,(H,13,14). The van der Waals surface area contributed by atoms with Gasteiger partial charge in [-0.2, -0.15) is 0 Å². The zero-order valence-corrected chi connectivity index (χ0v) is 8.84. The van der Waals surface area contributed by atoms with Crippen LogP contribution in [-0.2, 0) is 10.2 Å². The summed E-state index contributed by atoms with van der Waals surface area (Å²) in [5, 5.41) is 9.03. The van der Waals surface area contributed by atoms with Gasteiger partial charge in [0, 0.05) is 4.47 Å². The normalized spacial score (nSPS) is 17.9. The zero-order chi connectivity index (χ0) is 10.3. The molecule has 4 heteroatoms. The summed E-state index contributed by atoms with van der Waals surface area (Å²) >= 11 is 3.24. The molecule has 0 radical (unpaired) electrons. The van der Waals surface area contributed by atoms with E-state index < -0.39 is 17.2 Å². The molecule has 74 valence electrons.